The van der Waals surface area contributed by atoms with Gasteiger partial charge in [0.15, 0.2) is 5.69 Å². The average Bonchev–Trinajstić information content (AvgIpc) is 3.08. The summed E-state index contributed by atoms with van der Waals surface area (Å²) < 4.78 is 1.79. The van der Waals surface area contributed by atoms with Gasteiger partial charge in [-0.15, -0.1) is 0 Å². The molecule has 1 aromatic heterocycles. The molecule has 0 bridgehead atoms. The van der Waals surface area contributed by atoms with Crippen LogP contribution < -0.4 is 10.2 Å². The summed E-state index contributed by atoms with van der Waals surface area (Å²) in [6.45, 7) is 3.45. The monoisotopic (exact) mass is 348 g/mol. The fraction of sp³-hybridized carbons (Fsp3) is 0.238. The maximum absolute atomic E-state index is 12.4. The molecular weight excluding hydrogens is 324 g/mol. The van der Waals surface area contributed by atoms with Gasteiger partial charge in [0, 0.05) is 31.5 Å². The van der Waals surface area contributed by atoms with Crippen LogP contribution in [0.3, 0.4) is 0 Å². The number of aromatic nitrogens is 2. The second kappa shape index (κ2) is 8.34. The highest BCUT2D eigenvalue weighted by atomic mass is 16.1. The van der Waals surface area contributed by atoms with Gasteiger partial charge in [0.05, 0.1) is 5.69 Å². The molecule has 0 radical (unpaired) electrons. The number of aryl methyl sites for hydroxylation is 1. The van der Waals surface area contributed by atoms with Crippen molar-refractivity contribution in [3.8, 4) is 5.69 Å². The van der Waals surface area contributed by atoms with Crippen molar-refractivity contribution in [1.82, 2.24) is 15.1 Å². The van der Waals surface area contributed by atoms with E-state index in [-0.39, 0.29) is 5.91 Å². The number of nitrogens with zero attached hydrogens (tertiary/aromatic N) is 3. The first kappa shape index (κ1) is 17.7. The maximum Gasteiger partial charge on any atom is 0.271 e. The van der Waals surface area contributed by atoms with Crippen molar-refractivity contribution in [3.05, 3.63) is 78.1 Å². The van der Waals surface area contributed by atoms with Gasteiger partial charge in [-0.25, -0.2) is 4.68 Å². The van der Waals surface area contributed by atoms with E-state index < -0.39 is 0 Å². The van der Waals surface area contributed by atoms with Gasteiger partial charge in [0.25, 0.3) is 5.91 Å². The molecule has 0 fully saturated rings. The largest absolute Gasteiger partial charge is 0.375 e. The smallest absolute Gasteiger partial charge is 0.271 e. The number of amides is 1. The molecule has 0 aliphatic rings. The summed E-state index contributed by atoms with van der Waals surface area (Å²) in [5.41, 5.74) is 3.51. The van der Waals surface area contributed by atoms with Crippen LogP contribution in [0.15, 0.2) is 66.7 Å². The maximum atomic E-state index is 12.4. The summed E-state index contributed by atoms with van der Waals surface area (Å²) in [5.74, 6) is -0.134. The molecule has 1 N–H and O–H groups in total. The minimum absolute atomic E-state index is 0.134. The molecule has 5 heteroatoms. The molecule has 0 aliphatic heterocycles. The van der Waals surface area contributed by atoms with Crippen LogP contribution in [-0.4, -0.2) is 35.8 Å². The number of hydrogen-bond donors (Lipinski definition) is 1. The van der Waals surface area contributed by atoms with E-state index in [4.69, 9.17) is 0 Å². The van der Waals surface area contributed by atoms with Crippen LogP contribution in [0.2, 0.25) is 0 Å². The van der Waals surface area contributed by atoms with Crippen molar-refractivity contribution in [3.63, 3.8) is 0 Å². The summed E-state index contributed by atoms with van der Waals surface area (Å²) in [6.07, 6.45) is 0.871. The molecule has 0 saturated carbocycles. The molecule has 0 atom stereocenters. The lowest BCUT2D eigenvalue weighted by molar-refractivity contribution is 0.0948. The van der Waals surface area contributed by atoms with Crippen molar-refractivity contribution in [2.24, 2.45) is 0 Å². The second-order valence-corrected chi connectivity index (χ2v) is 6.28. The Hall–Kier alpha value is -3.08. The Balaban J connectivity index is 1.51. The Kier molecular flexibility index (Phi) is 5.69. The van der Waals surface area contributed by atoms with Gasteiger partial charge in [0.2, 0.25) is 0 Å². The lowest BCUT2D eigenvalue weighted by atomic mass is 10.3. The quantitative estimate of drug-likeness (QED) is 0.666. The van der Waals surface area contributed by atoms with Crippen LogP contribution in [0.25, 0.3) is 5.69 Å². The van der Waals surface area contributed by atoms with Gasteiger partial charge >= 0.3 is 0 Å². The molecule has 0 spiro atoms. The van der Waals surface area contributed by atoms with Crippen molar-refractivity contribution in [2.75, 3.05) is 25.0 Å². The van der Waals surface area contributed by atoms with E-state index in [1.807, 2.05) is 61.5 Å². The van der Waals surface area contributed by atoms with Crippen LogP contribution in [0.4, 0.5) is 5.69 Å². The number of hydrogen-bond acceptors (Lipinski definition) is 3. The SMILES string of the molecule is Cc1cc(C(=O)NCCCN(C)c2ccccc2)nn1-c1ccccc1. The Morgan fingerprint density at radius 3 is 2.42 bits per heavy atom. The molecular formula is C21H24N4O. The zero-order valence-corrected chi connectivity index (χ0v) is 15.2. The van der Waals surface area contributed by atoms with E-state index in [0.29, 0.717) is 12.2 Å². The molecule has 26 heavy (non-hydrogen) atoms. The molecule has 0 aliphatic carbocycles. The number of carbonyl (C=O) groups excluding carboxylic acids is 1. The number of para-hydroxylation sites is 2. The Labute approximate surface area is 154 Å². The fourth-order valence-corrected chi connectivity index (χ4v) is 2.84. The van der Waals surface area contributed by atoms with Crippen LogP contribution >= 0.6 is 0 Å². The van der Waals surface area contributed by atoms with Gasteiger partial charge in [-0.3, -0.25) is 4.79 Å². The molecule has 0 unspecified atom stereocenters. The van der Waals surface area contributed by atoms with Gasteiger partial charge in [-0.1, -0.05) is 36.4 Å². The highest BCUT2D eigenvalue weighted by molar-refractivity contribution is 5.92. The first-order valence-electron chi connectivity index (χ1n) is 8.81. The van der Waals surface area contributed by atoms with Crippen molar-refractivity contribution >= 4 is 11.6 Å². The molecule has 0 saturated heterocycles. The number of benzene rings is 2. The number of anilines is 1. The number of carbonyl (C=O) groups is 1. The highest BCUT2D eigenvalue weighted by Gasteiger charge is 2.12. The lowest BCUT2D eigenvalue weighted by Gasteiger charge is -2.19. The summed E-state index contributed by atoms with van der Waals surface area (Å²) in [4.78, 5) is 14.5. The van der Waals surface area contributed by atoms with Gasteiger partial charge in [-0.2, -0.15) is 5.10 Å². The van der Waals surface area contributed by atoms with E-state index in [2.05, 4.69) is 34.5 Å². The van der Waals surface area contributed by atoms with E-state index in [1.54, 1.807) is 4.68 Å². The first-order chi connectivity index (χ1) is 12.6. The predicted octanol–water partition coefficient (Wildman–Crippen LogP) is 3.44. The summed E-state index contributed by atoms with van der Waals surface area (Å²) in [5, 5.41) is 7.39. The van der Waals surface area contributed by atoms with Gasteiger partial charge < -0.3 is 10.2 Å². The van der Waals surface area contributed by atoms with Crippen molar-refractivity contribution in [2.45, 2.75) is 13.3 Å². The van der Waals surface area contributed by atoms with Gasteiger partial charge in [0.1, 0.15) is 0 Å². The summed E-state index contributed by atoms with van der Waals surface area (Å²) in [7, 11) is 2.06. The van der Waals surface area contributed by atoms with Crippen LogP contribution in [0.5, 0.6) is 0 Å². The average molecular weight is 348 g/mol. The van der Waals surface area contributed by atoms with Gasteiger partial charge in [-0.05, 0) is 43.7 Å². The molecule has 3 aromatic rings. The highest BCUT2D eigenvalue weighted by Crippen LogP contribution is 2.12. The lowest BCUT2D eigenvalue weighted by Crippen LogP contribution is -2.28. The normalized spacial score (nSPS) is 10.5. The Morgan fingerprint density at radius 2 is 1.73 bits per heavy atom. The Bertz CT molecular complexity index is 843. The standard InChI is InChI=1S/C21H24N4O/c1-17-16-20(23-25(17)19-12-7-4-8-13-19)21(26)22-14-9-15-24(2)18-10-5-3-6-11-18/h3-8,10-13,16H,9,14-15H2,1-2H3,(H,22,26). The van der Waals surface area contributed by atoms with Crippen molar-refractivity contribution in [1.29, 1.82) is 0 Å². The van der Waals surface area contributed by atoms with Crippen LogP contribution in [0.1, 0.15) is 22.6 Å². The summed E-state index contributed by atoms with van der Waals surface area (Å²) >= 11 is 0. The zero-order chi connectivity index (χ0) is 18.4. The Morgan fingerprint density at radius 1 is 1.08 bits per heavy atom. The number of rotatable bonds is 7. The van der Waals surface area contributed by atoms with Crippen molar-refractivity contribution < 1.29 is 4.79 Å². The molecule has 1 amide bonds. The topological polar surface area (TPSA) is 50.2 Å². The molecule has 1 heterocycles. The molecule has 2 aromatic carbocycles. The van der Waals surface area contributed by atoms with E-state index in [1.165, 1.54) is 5.69 Å². The molecule has 134 valence electrons. The zero-order valence-electron chi connectivity index (χ0n) is 15.2. The number of nitrogens with one attached hydrogen (secondary N) is 1. The third kappa shape index (κ3) is 4.30. The molecule has 3 rings (SSSR count). The first-order valence-corrected chi connectivity index (χ1v) is 8.81. The minimum atomic E-state index is -0.134. The van der Waals surface area contributed by atoms with E-state index >= 15 is 0 Å². The predicted molar refractivity (Wildman–Crippen MR) is 105 cm³/mol. The van der Waals surface area contributed by atoms with E-state index in [9.17, 15) is 4.79 Å². The van der Waals surface area contributed by atoms with E-state index in [0.717, 1.165) is 24.3 Å². The second-order valence-electron chi connectivity index (χ2n) is 6.28. The third-order valence-electron chi connectivity index (χ3n) is 4.27. The van der Waals surface area contributed by atoms with Crippen LogP contribution in [-0.2, 0) is 0 Å². The molecule has 5 nitrogen and oxygen atoms in total. The summed E-state index contributed by atoms with van der Waals surface area (Å²) in [6, 6.07) is 21.9. The third-order valence-corrected chi connectivity index (χ3v) is 4.27. The minimum Gasteiger partial charge on any atom is -0.375 e. The van der Waals surface area contributed by atoms with Crippen LogP contribution in [0, 0.1) is 6.92 Å². The fourth-order valence-electron chi connectivity index (χ4n) is 2.84.